The maximum absolute atomic E-state index is 4.58. The van der Waals surface area contributed by atoms with Crippen molar-refractivity contribution >= 4 is 28.4 Å². The molecular formula is C17H17N5. The summed E-state index contributed by atoms with van der Waals surface area (Å²) in [4.78, 5) is 13.3. The first-order chi connectivity index (χ1) is 10.8. The number of hydrogen-bond donors (Lipinski definition) is 2. The lowest BCUT2D eigenvalue weighted by atomic mass is 10.2. The Bertz CT molecular complexity index is 826. The first kappa shape index (κ1) is 13.0. The maximum Gasteiger partial charge on any atom is 0.229 e. The van der Waals surface area contributed by atoms with E-state index >= 15 is 0 Å². The van der Waals surface area contributed by atoms with Crippen LogP contribution in [-0.4, -0.2) is 21.0 Å². The molecule has 110 valence electrons. The Kier molecular flexibility index (Phi) is 3.11. The standard InChI is InChI=1S/C17H17N5/c1-11-10-19-17(22-16(11)20-13-4-5-13)21-14-6-7-15-12(9-14)3-2-8-18-15/h2-3,6-10,13H,4-5H2,1H3,(H2,19,20,21,22). The minimum atomic E-state index is 0.577. The molecule has 2 aromatic heterocycles. The summed E-state index contributed by atoms with van der Waals surface area (Å²) in [6.07, 6.45) is 6.10. The van der Waals surface area contributed by atoms with Gasteiger partial charge in [0.05, 0.1) is 5.52 Å². The largest absolute Gasteiger partial charge is 0.367 e. The molecule has 1 fully saturated rings. The van der Waals surface area contributed by atoms with Gasteiger partial charge in [-0.1, -0.05) is 6.07 Å². The minimum Gasteiger partial charge on any atom is -0.367 e. The number of aryl methyl sites for hydroxylation is 1. The summed E-state index contributed by atoms with van der Waals surface area (Å²) >= 11 is 0. The van der Waals surface area contributed by atoms with E-state index in [1.165, 1.54) is 12.8 Å². The van der Waals surface area contributed by atoms with Crippen molar-refractivity contribution in [3.63, 3.8) is 0 Å². The third-order valence-electron chi connectivity index (χ3n) is 3.75. The van der Waals surface area contributed by atoms with E-state index in [1.54, 1.807) is 6.20 Å². The van der Waals surface area contributed by atoms with Gasteiger partial charge in [-0.05, 0) is 44.0 Å². The fourth-order valence-corrected chi connectivity index (χ4v) is 2.35. The van der Waals surface area contributed by atoms with Crippen LogP contribution in [-0.2, 0) is 0 Å². The molecule has 0 amide bonds. The Morgan fingerprint density at radius 1 is 1.14 bits per heavy atom. The Morgan fingerprint density at radius 2 is 2.05 bits per heavy atom. The third kappa shape index (κ3) is 2.70. The number of rotatable bonds is 4. The van der Waals surface area contributed by atoms with Gasteiger partial charge in [-0.25, -0.2) is 4.98 Å². The Morgan fingerprint density at radius 3 is 2.91 bits per heavy atom. The summed E-state index contributed by atoms with van der Waals surface area (Å²) in [5.74, 6) is 1.53. The van der Waals surface area contributed by atoms with Gasteiger partial charge in [-0.15, -0.1) is 0 Å². The van der Waals surface area contributed by atoms with Crippen LogP contribution in [0.15, 0.2) is 42.7 Å². The number of fused-ring (bicyclic) bond motifs is 1. The van der Waals surface area contributed by atoms with E-state index in [9.17, 15) is 0 Å². The molecule has 5 heteroatoms. The zero-order chi connectivity index (χ0) is 14.9. The van der Waals surface area contributed by atoms with Gasteiger partial charge in [0.1, 0.15) is 5.82 Å². The normalized spacial score (nSPS) is 14.0. The zero-order valence-electron chi connectivity index (χ0n) is 12.4. The van der Waals surface area contributed by atoms with E-state index in [1.807, 2.05) is 37.4 Å². The van der Waals surface area contributed by atoms with Gasteiger partial charge in [0.2, 0.25) is 5.95 Å². The van der Waals surface area contributed by atoms with Crippen LogP contribution in [0.5, 0.6) is 0 Å². The van der Waals surface area contributed by atoms with Crippen LogP contribution in [0.3, 0.4) is 0 Å². The summed E-state index contributed by atoms with van der Waals surface area (Å²) in [7, 11) is 0. The first-order valence-electron chi connectivity index (χ1n) is 7.50. The molecule has 0 saturated heterocycles. The Labute approximate surface area is 128 Å². The van der Waals surface area contributed by atoms with E-state index in [4.69, 9.17) is 0 Å². The molecule has 3 aromatic rings. The summed E-state index contributed by atoms with van der Waals surface area (Å²) < 4.78 is 0. The predicted octanol–water partition coefficient (Wildman–Crippen LogP) is 3.65. The molecule has 1 aromatic carbocycles. The molecular weight excluding hydrogens is 274 g/mol. The highest BCUT2D eigenvalue weighted by atomic mass is 15.2. The fraction of sp³-hybridized carbons (Fsp3) is 0.235. The first-order valence-corrected chi connectivity index (χ1v) is 7.50. The summed E-state index contributed by atoms with van der Waals surface area (Å²) in [6.45, 7) is 2.02. The van der Waals surface area contributed by atoms with Gasteiger partial charge in [-0.2, -0.15) is 4.98 Å². The SMILES string of the molecule is Cc1cnc(Nc2ccc3ncccc3c2)nc1NC1CC1. The smallest absolute Gasteiger partial charge is 0.229 e. The molecule has 1 saturated carbocycles. The van der Waals surface area contributed by atoms with Crippen molar-refractivity contribution in [1.82, 2.24) is 15.0 Å². The number of nitrogens with one attached hydrogen (secondary N) is 2. The van der Waals surface area contributed by atoms with E-state index in [0.29, 0.717) is 12.0 Å². The molecule has 1 aliphatic carbocycles. The monoisotopic (exact) mass is 291 g/mol. The lowest BCUT2D eigenvalue weighted by molar-refractivity contribution is 1.06. The predicted molar refractivity (Wildman–Crippen MR) is 88.4 cm³/mol. The number of benzene rings is 1. The highest BCUT2D eigenvalue weighted by Crippen LogP contribution is 2.26. The van der Waals surface area contributed by atoms with Crippen molar-refractivity contribution < 1.29 is 0 Å². The van der Waals surface area contributed by atoms with Crippen LogP contribution in [0.4, 0.5) is 17.5 Å². The van der Waals surface area contributed by atoms with E-state index < -0.39 is 0 Å². The molecule has 0 atom stereocenters. The molecule has 5 nitrogen and oxygen atoms in total. The van der Waals surface area contributed by atoms with Crippen molar-refractivity contribution in [3.8, 4) is 0 Å². The Hall–Kier alpha value is -2.69. The number of nitrogens with zero attached hydrogens (tertiary/aromatic N) is 3. The van der Waals surface area contributed by atoms with Crippen LogP contribution >= 0.6 is 0 Å². The van der Waals surface area contributed by atoms with Gasteiger partial charge >= 0.3 is 0 Å². The molecule has 0 bridgehead atoms. The molecule has 0 spiro atoms. The van der Waals surface area contributed by atoms with Crippen LogP contribution in [0, 0.1) is 6.92 Å². The van der Waals surface area contributed by atoms with Crippen molar-refractivity contribution in [3.05, 3.63) is 48.3 Å². The fourth-order valence-electron chi connectivity index (χ4n) is 2.35. The van der Waals surface area contributed by atoms with Gasteiger partial charge in [0, 0.05) is 35.1 Å². The van der Waals surface area contributed by atoms with Crippen molar-refractivity contribution in [1.29, 1.82) is 0 Å². The molecule has 22 heavy (non-hydrogen) atoms. The topological polar surface area (TPSA) is 62.7 Å². The quantitative estimate of drug-likeness (QED) is 0.768. The second kappa shape index (κ2) is 5.26. The average molecular weight is 291 g/mol. The minimum absolute atomic E-state index is 0.577. The molecule has 2 heterocycles. The number of aromatic nitrogens is 3. The highest BCUT2D eigenvalue weighted by Gasteiger charge is 2.22. The van der Waals surface area contributed by atoms with Crippen molar-refractivity contribution in [2.75, 3.05) is 10.6 Å². The molecule has 0 radical (unpaired) electrons. The summed E-state index contributed by atoms with van der Waals surface area (Å²) in [6, 6.07) is 10.6. The van der Waals surface area contributed by atoms with Gasteiger partial charge in [0.15, 0.2) is 0 Å². The van der Waals surface area contributed by atoms with Gasteiger partial charge < -0.3 is 10.6 Å². The summed E-state index contributed by atoms with van der Waals surface area (Å²) in [5.41, 5.74) is 3.01. The number of pyridine rings is 1. The maximum atomic E-state index is 4.58. The molecule has 4 rings (SSSR count). The average Bonchev–Trinajstić information content (AvgIpc) is 3.35. The molecule has 1 aliphatic rings. The lowest BCUT2D eigenvalue weighted by Gasteiger charge is -2.10. The third-order valence-corrected chi connectivity index (χ3v) is 3.75. The Balaban J connectivity index is 1.60. The molecule has 2 N–H and O–H groups in total. The van der Waals surface area contributed by atoms with E-state index in [-0.39, 0.29) is 0 Å². The number of hydrogen-bond acceptors (Lipinski definition) is 5. The van der Waals surface area contributed by atoms with Crippen LogP contribution in [0.1, 0.15) is 18.4 Å². The zero-order valence-corrected chi connectivity index (χ0v) is 12.4. The van der Waals surface area contributed by atoms with Crippen LogP contribution < -0.4 is 10.6 Å². The van der Waals surface area contributed by atoms with Gasteiger partial charge in [0.25, 0.3) is 0 Å². The lowest BCUT2D eigenvalue weighted by Crippen LogP contribution is -2.07. The highest BCUT2D eigenvalue weighted by molar-refractivity contribution is 5.82. The molecule has 0 unspecified atom stereocenters. The van der Waals surface area contributed by atoms with E-state index in [2.05, 4.69) is 31.7 Å². The second-order valence-corrected chi connectivity index (χ2v) is 5.68. The van der Waals surface area contributed by atoms with Gasteiger partial charge in [-0.3, -0.25) is 4.98 Å². The number of anilines is 3. The van der Waals surface area contributed by atoms with Crippen molar-refractivity contribution in [2.45, 2.75) is 25.8 Å². The second-order valence-electron chi connectivity index (χ2n) is 5.68. The van der Waals surface area contributed by atoms with Crippen LogP contribution in [0.2, 0.25) is 0 Å². The molecule has 0 aliphatic heterocycles. The van der Waals surface area contributed by atoms with Crippen LogP contribution in [0.25, 0.3) is 10.9 Å². The van der Waals surface area contributed by atoms with E-state index in [0.717, 1.165) is 28.0 Å². The van der Waals surface area contributed by atoms with Crippen molar-refractivity contribution in [2.24, 2.45) is 0 Å². The summed E-state index contributed by atoms with van der Waals surface area (Å²) in [5, 5.41) is 7.80.